The molecular weight excluding hydrogens is 190 g/mol. The van der Waals surface area contributed by atoms with E-state index in [1.807, 2.05) is 6.92 Å². The van der Waals surface area contributed by atoms with E-state index in [4.69, 9.17) is 0 Å². The number of hydrogen-bond acceptors (Lipinski definition) is 2. The van der Waals surface area contributed by atoms with Crippen molar-refractivity contribution in [2.45, 2.75) is 38.7 Å². The minimum atomic E-state index is -2.44. The second kappa shape index (κ2) is 5.24. The summed E-state index contributed by atoms with van der Waals surface area (Å²) >= 11 is 0. The van der Waals surface area contributed by atoms with Gasteiger partial charge in [-0.15, -0.1) is 0 Å². The molecule has 0 aromatic carbocycles. The molecule has 0 aromatic heterocycles. The summed E-state index contributed by atoms with van der Waals surface area (Å²) in [6, 6.07) is -0.242. The number of hydrogen-bond donors (Lipinski definition) is 1. The van der Waals surface area contributed by atoms with Crippen molar-refractivity contribution in [1.82, 2.24) is 10.2 Å². The molecular formula is C9H16F2N2O. The number of carbonyl (C=O) groups is 1. The molecule has 82 valence electrons. The predicted molar refractivity (Wildman–Crippen MR) is 49.0 cm³/mol. The van der Waals surface area contributed by atoms with E-state index in [1.165, 1.54) is 4.90 Å². The van der Waals surface area contributed by atoms with Crippen LogP contribution in [0, 0.1) is 0 Å². The first-order chi connectivity index (χ1) is 6.65. The van der Waals surface area contributed by atoms with Crippen LogP contribution in [0.2, 0.25) is 0 Å². The van der Waals surface area contributed by atoms with Crippen LogP contribution in [0.4, 0.5) is 8.78 Å². The van der Waals surface area contributed by atoms with Crippen LogP contribution in [0.1, 0.15) is 26.2 Å². The standard InChI is InChI=1S/C9H16F2N2O/c1-2-3-4-7-9(14)13(6-12-7)5-8(10)11/h7-8,12H,2-6H2,1H3. The van der Waals surface area contributed by atoms with Gasteiger partial charge in [-0.2, -0.15) is 0 Å². The molecule has 0 bridgehead atoms. The number of alkyl halides is 2. The number of amides is 1. The fourth-order valence-corrected chi connectivity index (χ4v) is 1.56. The lowest BCUT2D eigenvalue weighted by Gasteiger charge is -2.14. The van der Waals surface area contributed by atoms with Crippen LogP contribution in [0.25, 0.3) is 0 Å². The number of carbonyl (C=O) groups excluding carboxylic acids is 1. The topological polar surface area (TPSA) is 32.3 Å². The SMILES string of the molecule is CCCCC1NCN(CC(F)F)C1=O. The van der Waals surface area contributed by atoms with E-state index in [1.54, 1.807) is 0 Å². The largest absolute Gasteiger partial charge is 0.323 e. The quantitative estimate of drug-likeness (QED) is 0.733. The summed E-state index contributed by atoms with van der Waals surface area (Å²) in [4.78, 5) is 12.7. The Balaban J connectivity index is 2.35. The summed E-state index contributed by atoms with van der Waals surface area (Å²) in [7, 11) is 0. The van der Waals surface area contributed by atoms with Crippen LogP contribution in [-0.2, 0) is 4.79 Å². The number of rotatable bonds is 5. The van der Waals surface area contributed by atoms with Gasteiger partial charge in [0.25, 0.3) is 6.43 Å². The maximum Gasteiger partial charge on any atom is 0.255 e. The first-order valence-electron chi connectivity index (χ1n) is 4.95. The van der Waals surface area contributed by atoms with Gasteiger partial charge >= 0.3 is 0 Å². The van der Waals surface area contributed by atoms with Gasteiger partial charge in [0.15, 0.2) is 0 Å². The maximum absolute atomic E-state index is 12.0. The molecule has 1 amide bonds. The maximum atomic E-state index is 12.0. The minimum absolute atomic E-state index is 0.182. The van der Waals surface area contributed by atoms with Gasteiger partial charge in [0.2, 0.25) is 5.91 Å². The Hall–Kier alpha value is -0.710. The van der Waals surface area contributed by atoms with Gasteiger partial charge in [0.05, 0.1) is 19.3 Å². The number of nitrogens with zero attached hydrogens (tertiary/aromatic N) is 1. The van der Waals surface area contributed by atoms with Crippen molar-refractivity contribution >= 4 is 5.91 Å². The van der Waals surface area contributed by atoms with E-state index in [0.717, 1.165) is 19.3 Å². The van der Waals surface area contributed by atoms with E-state index < -0.39 is 13.0 Å². The molecule has 3 nitrogen and oxygen atoms in total. The highest BCUT2D eigenvalue weighted by Gasteiger charge is 2.31. The molecule has 1 unspecified atom stereocenters. The average Bonchev–Trinajstić information content (AvgIpc) is 2.45. The molecule has 1 N–H and O–H groups in total. The highest BCUT2D eigenvalue weighted by atomic mass is 19.3. The van der Waals surface area contributed by atoms with Crippen molar-refractivity contribution in [3.05, 3.63) is 0 Å². The highest BCUT2D eigenvalue weighted by molar-refractivity contribution is 5.83. The minimum Gasteiger partial charge on any atom is -0.323 e. The van der Waals surface area contributed by atoms with Crippen molar-refractivity contribution < 1.29 is 13.6 Å². The van der Waals surface area contributed by atoms with Crippen LogP contribution in [0.3, 0.4) is 0 Å². The van der Waals surface area contributed by atoms with Gasteiger partial charge < -0.3 is 4.90 Å². The van der Waals surface area contributed by atoms with E-state index in [2.05, 4.69) is 5.32 Å². The zero-order valence-corrected chi connectivity index (χ0v) is 8.30. The van der Waals surface area contributed by atoms with Crippen molar-refractivity contribution in [3.8, 4) is 0 Å². The Bertz CT molecular complexity index is 199. The lowest BCUT2D eigenvalue weighted by atomic mass is 10.1. The zero-order chi connectivity index (χ0) is 10.6. The Morgan fingerprint density at radius 1 is 1.64 bits per heavy atom. The van der Waals surface area contributed by atoms with Crippen LogP contribution < -0.4 is 5.32 Å². The van der Waals surface area contributed by atoms with E-state index in [9.17, 15) is 13.6 Å². The average molecular weight is 206 g/mol. The lowest BCUT2D eigenvalue weighted by molar-refractivity contribution is -0.130. The third kappa shape index (κ3) is 2.90. The van der Waals surface area contributed by atoms with Gasteiger partial charge in [-0.25, -0.2) is 8.78 Å². The van der Waals surface area contributed by atoms with Crippen LogP contribution in [0.5, 0.6) is 0 Å². The molecule has 1 rings (SSSR count). The molecule has 1 aliphatic rings. The number of halogens is 2. The number of nitrogens with one attached hydrogen (secondary N) is 1. The second-order valence-electron chi connectivity index (χ2n) is 3.51. The predicted octanol–water partition coefficient (Wildman–Crippen LogP) is 1.20. The highest BCUT2D eigenvalue weighted by Crippen LogP contribution is 2.11. The molecule has 1 saturated heterocycles. The summed E-state index contributed by atoms with van der Waals surface area (Å²) in [6.45, 7) is 1.85. The van der Waals surface area contributed by atoms with Crippen LogP contribution in [-0.4, -0.2) is 36.5 Å². The summed E-state index contributed by atoms with van der Waals surface area (Å²) in [6.07, 6.45) is 0.270. The molecule has 5 heteroatoms. The van der Waals surface area contributed by atoms with E-state index in [0.29, 0.717) is 0 Å². The van der Waals surface area contributed by atoms with E-state index >= 15 is 0 Å². The Kier molecular flexibility index (Phi) is 4.25. The second-order valence-corrected chi connectivity index (χ2v) is 3.51. The Morgan fingerprint density at radius 3 is 2.93 bits per heavy atom. The third-order valence-corrected chi connectivity index (χ3v) is 2.34. The van der Waals surface area contributed by atoms with Gasteiger partial charge in [-0.1, -0.05) is 19.8 Å². The molecule has 0 spiro atoms. The van der Waals surface area contributed by atoms with E-state index in [-0.39, 0.29) is 18.6 Å². The summed E-state index contributed by atoms with van der Waals surface area (Å²) in [5.74, 6) is -0.182. The van der Waals surface area contributed by atoms with Gasteiger partial charge in [0, 0.05) is 0 Å². The lowest BCUT2D eigenvalue weighted by Crippen LogP contribution is -2.33. The first kappa shape index (κ1) is 11.4. The first-order valence-corrected chi connectivity index (χ1v) is 4.95. The molecule has 1 aliphatic heterocycles. The molecule has 0 aromatic rings. The summed E-state index contributed by atoms with van der Waals surface area (Å²) < 4.78 is 24.0. The third-order valence-electron chi connectivity index (χ3n) is 2.34. The fourth-order valence-electron chi connectivity index (χ4n) is 1.56. The van der Waals surface area contributed by atoms with Crippen molar-refractivity contribution in [3.63, 3.8) is 0 Å². The van der Waals surface area contributed by atoms with Crippen molar-refractivity contribution in [2.24, 2.45) is 0 Å². The zero-order valence-electron chi connectivity index (χ0n) is 8.30. The molecule has 14 heavy (non-hydrogen) atoms. The number of unbranched alkanes of at least 4 members (excludes halogenated alkanes) is 1. The van der Waals surface area contributed by atoms with Crippen LogP contribution >= 0.6 is 0 Å². The van der Waals surface area contributed by atoms with Gasteiger partial charge in [0.1, 0.15) is 0 Å². The molecule has 1 fully saturated rings. The molecule has 1 atom stereocenters. The molecule has 0 aliphatic carbocycles. The smallest absolute Gasteiger partial charge is 0.255 e. The van der Waals surface area contributed by atoms with Gasteiger partial charge in [-0.05, 0) is 6.42 Å². The Labute approximate surface area is 82.5 Å². The van der Waals surface area contributed by atoms with Crippen molar-refractivity contribution in [2.75, 3.05) is 13.2 Å². The fraction of sp³-hybridized carbons (Fsp3) is 0.889. The van der Waals surface area contributed by atoms with Crippen molar-refractivity contribution in [1.29, 1.82) is 0 Å². The summed E-state index contributed by atoms with van der Waals surface area (Å²) in [5.41, 5.74) is 0. The summed E-state index contributed by atoms with van der Waals surface area (Å²) in [5, 5.41) is 2.94. The van der Waals surface area contributed by atoms with Gasteiger partial charge in [-0.3, -0.25) is 10.1 Å². The normalized spacial score (nSPS) is 22.4. The molecule has 0 saturated carbocycles. The Morgan fingerprint density at radius 2 is 2.36 bits per heavy atom. The monoisotopic (exact) mass is 206 g/mol. The molecule has 1 heterocycles. The molecule has 0 radical (unpaired) electrons. The van der Waals surface area contributed by atoms with Crippen LogP contribution in [0.15, 0.2) is 0 Å².